The Kier molecular flexibility index (Phi) is 3.28. The third-order valence-electron chi connectivity index (χ3n) is 4.07. The van der Waals surface area contributed by atoms with E-state index in [0.29, 0.717) is 22.3 Å². The van der Waals surface area contributed by atoms with Crippen LogP contribution in [0.25, 0.3) is 21.8 Å². The van der Waals surface area contributed by atoms with Crippen molar-refractivity contribution in [2.24, 2.45) is 0 Å². The summed E-state index contributed by atoms with van der Waals surface area (Å²) in [5.41, 5.74) is 3.75. The highest BCUT2D eigenvalue weighted by atomic mass is 16.6. The Labute approximate surface area is 141 Å². The fourth-order valence-corrected chi connectivity index (χ4v) is 2.91. The number of nitro groups is 1. The molecule has 0 aliphatic carbocycles. The molecule has 0 aliphatic rings. The second-order valence-electron chi connectivity index (χ2n) is 5.92. The summed E-state index contributed by atoms with van der Waals surface area (Å²) in [5, 5.41) is 15.3. The van der Waals surface area contributed by atoms with Gasteiger partial charge in [-0.3, -0.25) is 14.9 Å². The predicted octanol–water partition coefficient (Wildman–Crippen LogP) is 4.12. The quantitative estimate of drug-likeness (QED) is 0.388. The van der Waals surface area contributed by atoms with Crippen LogP contribution in [0.4, 0.5) is 11.4 Å². The lowest BCUT2D eigenvalue weighted by molar-refractivity contribution is -0.384. The molecule has 0 radical (unpaired) electrons. The normalized spacial score (nSPS) is 11.1. The Bertz CT molecular complexity index is 1140. The van der Waals surface area contributed by atoms with Gasteiger partial charge in [0.15, 0.2) is 0 Å². The van der Waals surface area contributed by atoms with Crippen LogP contribution in [0.2, 0.25) is 0 Å². The van der Waals surface area contributed by atoms with E-state index >= 15 is 0 Å². The van der Waals surface area contributed by atoms with Gasteiger partial charge in [0.25, 0.3) is 11.6 Å². The lowest BCUT2D eigenvalue weighted by atomic mass is 10.2. The largest absolute Gasteiger partial charge is 0.359 e. The van der Waals surface area contributed by atoms with Gasteiger partial charge in [0.2, 0.25) is 0 Å². The minimum atomic E-state index is -0.458. The number of fused-ring (bicyclic) bond motifs is 2. The molecular formula is C18H14N4O3. The minimum absolute atomic E-state index is 0.00765. The molecule has 3 N–H and O–H groups in total. The van der Waals surface area contributed by atoms with Crippen LogP contribution in [0.15, 0.2) is 48.5 Å². The molecule has 0 unspecified atom stereocenters. The van der Waals surface area contributed by atoms with Gasteiger partial charge in [0.05, 0.1) is 4.92 Å². The molecule has 4 rings (SSSR count). The molecule has 0 saturated heterocycles. The fraction of sp³-hybridized carbons (Fsp3) is 0.0556. The van der Waals surface area contributed by atoms with Crippen molar-refractivity contribution in [3.8, 4) is 0 Å². The predicted molar refractivity (Wildman–Crippen MR) is 95.9 cm³/mol. The Morgan fingerprint density at radius 1 is 1.00 bits per heavy atom. The smallest absolute Gasteiger partial charge is 0.272 e. The minimum Gasteiger partial charge on any atom is -0.359 e. The van der Waals surface area contributed by atoms with Crippen molar-refractivity contribution >= 4 is 39.1 Å². The Morgan fingerprint density at radius 2 is 1.72 bits per heavy atom. The number of carbonyl (C=O) groups excluding carboxylic acids is 1. The maximum Gasteiger partial charge on any atom is 0.272 e. The third kappa shape index (κ3) is 2.72. The number of nitro benzene ring substituents is 1. The van der Waals surface area contributed by atoms with E-state index in [1.54, 1.807) is 12.1 Å². The van der Waals surface area contributed by atoms with Gasteiger partial charge in [-0.15, -0.1) is 0 Å². The summed E-state index contributed by atoms with van der Waals surface area (Å²) in [6.45, 7) is 1.97. The Hall–Kier alpha value is -3.61. The van der Waals surface area contributed by atoms with Gasteiger partial charge in [0.1, 0.15) is 5.69 Å². The zero-order chi connectivity index (χ0) is 17.6. The Morgan fingerprint density at radius 3 is 2.52 bits per heavy atom. The summed E-state index contributed by atoms with van der Waals surface area (Å²) in [6.07, 6.45) is 0. The van der Waals surface area contributed by atoms with Crippen LogP contribution < -0.4 is 5.32 Å². The first-order valence-corrected chi connectivity index (χ1v) is 7.67. The van der Waals surface area contributed by atoms with E-state index in [-0.39, 0.29) is 11.6 Å². The molecule has 0 fully saturated rings. The highest BCUT2D eigenvalue weighted by molar-refractivity contribution is 6.06. The van der Waals surface area contributed by atoms with Crippen molar-refractivity contribution in [1.82, 2.24) is 9.97 Å². The number of H-pyrrole nitrogens is 2. The summed E-state index contributed by atoms with van der Waals surface area (Å²) >= 11 is 0. The van der Waals surface area contributed by atoms with Crippen LogP contribution in [0, 0.1) is 17.0 Å². The van der Waals surface area contributed by atoms with Crippen LogP contribution in [0.5, 0.6) is 0 Å². The van der Waals surface area contributed by atoms with Crippen molar-refractivity contribution < 1.29 is 9.72 Å². The molecule has 7 heteroatoms. The summed E-state index contributed by atoms with van der Waals surface area (Å²) in [5.74, 6) is -0.300. The lowest BCUT2D eigenvalue weighted by Crippen LogP contribution is -2.11. The van der Waals surface area contributed by atoms with Gasteiger partial charge in [-0.2, -0.15) is 0 Å². The van der Waals surface area contributed by atoms with Gasteiger partial charge in [-0.1, -0.05) is 0 Å². The average Bonchev–Trinajstić information content (AvgIpc) is 3.15. The van der Waals surface area contributed by atoms with Crippen molar-refractivity contribution in [1.29, 1.82) is 0 Å². The van der Waals surface area contributed by atoms with E-state index < -0.39 is 4.92 Å². The van der Waals surface area contributed by atoms with Gasteiger partial charge in [-0.05, 0) is 43.3 Å². The fourth-order valence-electron chi connectivity index (χ4n) is 2.91. The monoisotopic (exact) mass is 334 g/mol. The van der Waals surface area contributed by atoms with Gasteiger partial charge >= 0.3 is 0 Å². The van der Waals surface area contributed by atoms with Crippen LogP contribution in [0.1, 0.15) is 16.2 Å². The number of anilines is 1. The summed E-state index contributed by atoms with van der Waals surface area (Å²) < 4.78 is 0. The molecule has 7 nitrogen and oxygen atoms in total. The molecule has 25 heavy (non-hydrogen) atoms. The van der Waals surface area contributed by atoms with Crippen molar-refractivity contribution in [3.05, 3.63) is 70.0 Å². The standard InChI is InChI=1S/C18H14N4O3/c1-10-6-11-7-13(2-4-15(11)19-10)20-18(23)17-9-12-8-14(22(24)25)3-5-16(12)21-17/h2-9,19,21H,1H3,(H,20,23). The molecule has 0 aliphatic heterocycles. The number of amides is 1. The molecule has 0 spiro atoms. The maximum atomic E-state index is 12.5. The van der Waals surface area contributed by atoms with E-state index in [4.69, 9.17) is 0 Å². The number of aromatic amines is 2. The number of aromatic nitrogens is 2. The SMILES string of the molecule is Cc1cc2cc(NC(=O)c3cc4cc([N+](=O)[O-])ccc4[nH]3)ccc2[nH]1. The molecule has 2 aromatic carbocycles. The Balaban J connectivity index is 1.63. The molecule has 0 atom stereocenters. The summed E-state index contributed by atoms with van der Waals surface area (Å²) in [7, 11) is 0. The zero-order valence-electron chi connectivity index (χ0n) is 13.3. The van der Waals surface area contributed by atoms with Crippen LogP contribution in [-0.2, 0) is 0 Å². The number of rotatable bonds is 3. The van der Waals surface area contributed by atoms with Crippen LogP contribution >= 0.6 is 0 Å². The molecule has 2 aromatic heterocycles. The number of nitrogens with zero attached hydrogens (tertiary/aromatic N) is 1. The molecule has 1 amide bonds. The molecule has 124 valence electrons. The second-order valence-corrected chi connectivity index (χ2v) is 5.92. The number of hydrogen-bond donors (Lipinski definition) is 3. The number of aryl methyl sites for hydroxylation is 1. The first-order chi connectivity index (χ1) is 12.0. The summed E-state index contributed by atoms with van der Waals surface area (Å²) in [6, 6.07) is 13.7. The maximum absolute atomic E-state index is 12.5. The molecular weight excluding hydrogens is 320 g/mol. The third-order valence-corrected chi connectivity index (χ3v) is 4.07. The highest BCUT2D eigenvalue weighted by Crippen LogP contribution is 2.23. The summed E-state index contributed by atoms with van der Waals surface area (Å²) in [4.78, 5) is 29.1. The topological polar surface area (TPSA) is 104 Å². The number of nitrogens with one attached hydrogen (secondary N) is 3. The molecule has 4 aromatic rings. The first kappa shape index (κ1) is 14.9. The van der Waals surface area contributed by atoms with E-state index in [1.165, 1.54) is 12.1 Å². The van der Waals surface area contributed by atoms with Crippen molar-refractivity contribution in [2.45, 2.75) is 6.92 Å². The van der Waals surface area contributed by atoms with Crippen LogP contribution in [0.3, 0.4) is 0 Å². The van der Waals surface area contributed by atoms with Crippen molar-refractivity contribution in [3.63, 3.8) is 0 Å². The first-order valence-electron chi connectivity index (χ1n) is 7.67. The molecule has 2 heterocycles. The number of non-ortho nitro benzene ring substituents is 1. The van der Waals surface area contributed by atoms with Gasteiger partial charge in [-0.25, -0.2) is 0 Å². The molecule has 0 saturated carbocycles. The van der Waals surface area contributed by atoms with E-state index in [0.717, 1.165) is 16.6 Å². The average molecular weight is 334 g/mol. The van der Waals surface area contributed by atoms with E-state index in [1.807, 2.05) is 31.2 Å². The highest BCUT2D eigenvalue weighted by Gasteiger charge is 2.13. The van der Waals surface area contributed by atoms with Gasteiger partial charge in [0, 0.05) is 45.3 Å². The van der Waals surface area contributed by atoms with E-state index in [9.17, 15) is 14.9 Å². The van der Waals surface area contributed by atoms with Gasteiger partial charge < -0.3 is 15.3 Å². The zero-order valence-corrected chi connectivity index (χ0v) is 13.3. The molecule has 0 bridgehead atoms. The number of benzene rings is 2. The second kappa shape index (κ2) is 5.48. The lowest BCUT2D eigenvalue weighted by Gasteiger charge is -2.03. The van der Waals surface area contributed by atoms with Crippen LogP contribution in [-0.4, -0.2) is 20.8 Å². The van der Waals surface area contributed by atoms with E-state index in [2.05, 4.69) is 15.3 Å². The number of carbonyl (C=O) groups is 1. The van der Waals surface area contributed by atoms with Crippen molar-refractivity contribution in [2.75, 3.05) is 5.32 Å². The number of hydrogen-bond acceptors (Lipinski definition) is 3.